The van der Waals surface area contributed by atoms with Crippen LogP contribution in [0.25, 0.3) is 11.1 Å². The molecule has 3 aromatic rings. The Hall–Kier alpha value is -3.80. The summed E-state index contributed by atoms with van der Waals surface area (Å²) in [6, 6.07) is 7.14. The van der Waals surface area contributed by atoms with Gasteiger partial charge in [-0.2, -0.15) is 13.8 Å². The molecular weight excluding hydrogens is 429 g/mol. The third-order valence-corrected chi connectivity index (χ3v) is 4.60. The van der Waals surface area contributed by atoms with Crippen LogP contribution in [0.4, 0.5) is 30.8 Å². The Kier molecular flexibility index (Phi) is 6.40. The summed E-state index contributed by atoms with van der Waals surface area (Å²) in [5.74, 6) is -0.372. The quantitative estimate of drug-likeness (QED) is 0.549. The lowest BCUT2D eigenvalue weighted by atomic mass is 10.0. The molecule has 0 amide bonds. The number of alkyl halides is 2. The molecule has 1 fully saturated rings. The lowest BCUT2D eigenvalue weighted by Gasteiger charge is -2.26. The van der Waals surface area contributed by atoms with Crippen LogP contribution in [0.2, 0.25) is 0 Å². The Bertz CT molecular complexity index is 1090. The van der Waals surface area contributed by atoms with Gasteiger partial charge in [0.15, 0.2) is 23.7 Å². The van der Waals surface area contributed by atoms with Crippen molar-refractivity contribution in [1.29, 1.82) is 0 Å². The van der Waals surface area contributed by atoms with E-state index in [1.807, 2.05) is 4.90 Å². The van der Waals surface area contributed by atoms with E-state index in [-0.39, 0.29) is 23.1 Å². The summed E-state index contributed by atoms with van der Waals surface area (Å²) in [6.07, 6.45) is 1.56. The number of hydrogen-bond donors (Lipinski definition) is 1. The molecule has 0 atom stereocenters. The van der Waals surface area contributed by atoms with E-state index >= 15 is 0 Å². The summed E-state index contributed by atoms with van der Waals surface area (Å²) >= 11 is 0. The van der Waals surface area contributed by atoms with Crippen LogP contribution in [0.3, 0.4) is 0 Å². The smallest absolute Gasteiger partial charge is 0.387 e. The zero-order valence-corrected chi connectivity index (χ0v) is 16.5. The highest BCUT2D eigenvalue weighted by atomic mass is 19.3. The molecule has 166 valence electrons. The molecule has 0 unspecified atom stereocenters. The Labute approximate surface area is 180 Å². The monoisotopic (exact) mass is 446 g/mol. The molecule has 9 nitrogen and oxygen atoms in total. The molecule has 0 saturated carbocycles. The number of aldehydes is 1. The molecule has 0 bridgehead atoms. The number of anilines is 3. The number of aromatic nitrogens is 4. The Morgan fingerprint density at radius 2 is 1.91 bits per heavy atom. The van der Waals surface area contributed by atoms with E-state index in [1.165, 1.54) is 30.3 Å². The standard InChI is InChI=1S/C20H17F3N6O3/c21-15-10-24-20(29-5-7-31-8-6-29)26-18(15)25-17-9-14(16(11-30)27-28-17)12-1-3-13(4-2-12)32-19(22)23/h1-4,9-11,19H,5-8H2,(H,24,25,26,28). The maximum absolute atomic E-state index is 14.3. The average molecular weight is 446 g/mol. The van der Waals surface area contributed by atoms with Gasteiger partial charge in [0.05, 0.1) is 19.4 Å². The number of nitrogens with zero attached hydrogens (tertiary/aromatic N) is 5. The van der Waals surface area contributed by atoms with Crippen molar-refractivity contribution in [2.24, 2.45) is 0 Å². The van der Waals surface area contributed by atoms with E-state index in [0.29, 0.717) is 49.7 Å². The molecule has 0 radical (unpaired) electrons. The minimum absolute atomic E-state index is 0.0234. The van der Waals surface area contributed by atoms with Crippen molar-refractivity contribution in [3.8, 4) is 16.9 Å². The van der Waals surface area contributed by atoms with Crippen molar-refractivity contribution < 1.29 is 27.4 Å². The van der Waals surface area contributed by atoms with Gasteiger partial charge < -0.3 is 19.7 Å². The van der Waals surface area contributed by atoms with Gasteiger partial charge in [0.1, 0.15) is 11.4 Å². The predicted molar refractivity (Wildman–Crippen MR) is 108 cm³/mol. The number of carbonyl (C=O) groups is 1. The molecule has 1 aromatic carbocycles. The van der Waals surface area contributed by atoms with E-state index in [4.69, 9.17) is 4.74 Å². The average Bonchev–Trinajstić information content (AvgIpc) is 2.81. The second kappa shape index (κ2) is 9.56. The van der Waals surface area contributed by atoms with Gasteiger partial charge in [-0.15, -0.1) is 10.2 Å². The van der Waals surface area contributed by atoms with Crippen LogP contribution in [-0.2, 0) is 4.74 Å². The topological polar surface area (TPSA) is 102 Å². The summed E-state index contributed by atoms with van der Waals surface area (Å²) in [7, 11) is 0. The van der Waals surface area contributed by atoms with Crippen LogP contribution in [0.5, 0.6) is 5.75 Å². The first-order chi connectivity index (χ1) is 15.5. The maximum Gasteiger partial charge on any atom is 0.387 e. The van der Waals surface area contributed by atoms with Crippen LogP contribution in [-0.4, -0.2) is 59.4 Å². The van der Waals surface area contributed by atoms with Gasteiger partial charge in [-0.05, 0) is 23.8 Å². The highest BCUT2D eigenvalue weighted by Gasteiger charge is 2.17. The van der Waals surface area contributed by atoms with Crippen molar-refractivity contribution in [2.75, 3.05) is 36.5 Å². The molecule has 4 rings (SSSR count). The summed E-state index contributed by atoms with van der Waals surface area (Å²) in [5.41, 5.74) is 0.892. The highest BCUT2D eigenvalue weighted by molar-refractivity contribution is 5.86. The third-order valence-electron chi connectivity index (χ3n) is 4.60. The Balaban J connectivity index is 1.61. The zero-order valence-electron chi connectivity index (χ0n) is 16.5. The molecule has 1 aliphatic rings. The first kappa shape index (κ1) is 21.4. The summed E-state index contributed by atoms with van der Waals surface area (Å²) < 4.78 is 48.7. The number of rotatable bonds is 7. The van der Waals surface area contributed by atoms with Gasteiger partial charge in [0, 0.05) is 18.7 Å². The van der Waals surface area contributed by atoms with Gasteiger partial charge >= 0.3 is 6.61 Å². The number of carbonyl (C=O) groups excluding carboxylic acids is 1. The van der Waals surface area contributed by atoms with Gasteiger partial charge in [-0.1, -0.05) is 12.1 Å². The fraction of sp³-hybridized carbons (Fsp3) is 0.250. The third kappa shape index (κ3) is 4.91. The fourth-order valence-electron chi connectivity index (χ4n) is 3.08. The summed E-state index contributed by atoms with van der Waals surface area (Å²) in [6.45, 7) is -0.753. The normalized spacial score (nSPS) is 13.8. The summed E-state index contributed by atoms with van der Waals surface area (Å²) in [4.78, 5) is 21.5. The maximum atomic E-state index is 14.3. The molecule has 0 aliphatic carbocycles. The lowest BCUT2D eigenvalue weighted by molar-refractivity contribution is -0.0498. The number of morpholine rings is 1. The molecule has 1 aliphatic heterocycles. The number of halogens is 3. The van der Waals surface area contributed by atoms with Crippen LogP contribution in [0.1, 0.15) is 10.5 Å². The lowest BCUT2D eigenvalue weighted by Crippen LogP contribution is -2.37. The van der Waals surface area contributed by atoms with Crippen LogP contribution in [0.15, 0.2) is 36.5 Å². The van der Waals surface area contributed by atoms with Crippen molar-refractivity contribution in [1.82, 2.24) is 20.2 Å². The number of ether oxygens (including phenoxy) is 2. The van der Waals surface area contributed by atoms with Crippen LogP contribution in [0, 0.1) is 5.82 Å². The van der Waals surface area contributed by atoms with E-state index in [2.05, 4.69) is 30.2 Å². The first-order valence-electron chi connectivity index (χ1n) is 9.54. The van der Waals surface area contributed by atoms with Crippen molar-refractivity contribution >= 4 is 23.9 Å². The van der Waals surface area contributed by atoms with E-state index in [0.717, 1.165) is 6.20 Å². The Morgan fingerprint density at radius 1 is 1.16 bits per heavy atom. The van der Waals surface area contributed by atoms with E-state index in [9.17, 15) is 18.0 Å². The Morgan fingerprint density at radius 3 is 2.59 bits per heavy atom. The molecule has 3 heterocycles. The predicted octanol–water partition coefficient (Wildman–Crippen LogP) is 3.07. The molecule has 2 aromatic heterocycles. The number of nitrogens with one attached hydrogen (secondary N) is 1. The zero-order chi connectivity index (χ0) is 22.5. The molecule has 1 N–H and O–H groups in total. The molecule has 1 saturated heterocycles. The van der Waals surface area contributed by atoms with Gasteiger partial charge in [0.25, 0.3) is 0 Å². The van der Waals surface area contributed by atoms with Crippen molar-refractivity contribution in [3.05, 3.63) is 48.0 Å². The van der Waals surface area contributed by atoms with Gasteiger partial charge in [-0.3, -0.25) is 4.79 Å². The molecule has 12 heteroatoms. The van der Waals surface area contributed by atoms with E-state index < -0.39 is 12.4 Å². The summed E-state index contributed by atoms with van der Waals surface area (Å²) in [5, 5.41) is 10.5. The largest absolute Gasteiger partial charge is 0.435 e. The molecule has 32 heavy (non-hydrogen) atoms. The minimum Gasteiger partial charge on any atom is -0.435 e. The number of benzene rings is 1. The first-order valence-corrected chi connectivity index (χ1v) is 9.54. The molecular formula is C20H17F3N6O3. The second-order valence-electron chi connectivity index (χ2n) is 6.64. The van der Waals surface area contributed by atoms with Crippen molar-refractivity contribution in [2.45, 2.75) is 6.61 Å². The minimum atomic E-state index is -2.95. The molecule has 0 spiro atoms. The highest BCUT2D eigenvalue weighted by Crippen LogP contribution is 2.28. The number of hydrogen-bond acceptors (Lipinski definition) is 9. The SMILES string of the molecule is O=Cc1nnc(Nc2nc(N3CCOCC3)ncc2F)cc1-c1ccc(OC(F)F)cc1. The van der Waals surface area contributed by atoms with Gasteiger partial charge in [-0.25, -0.2) is 9.37 Å². The van der Waals surface area contributed by atoms with Crippen molar-refractivity contribution in [3.63, 3.8) is 0 Å². The van der Waals surface area contributed by atoms with Gasteiger partial charge in [0.2, 0.25) is 5.95 Å². The van der Waals surface area contributed by atoms with Crippen LogP contribution < -0.4 is 15.0 Å². The van der Waals surface area contributed by atoms with E-state index in [1.54, 1.807) is 0 Å². The van der Waals surface area contributed by atoms with Crippen LogP contribution >= 0.6 is 0 Å². The second-order valence-corrected chi connectivity index (χ2v) is 6.64. The fourth-order valence-corrected chi connectivity index (χ4v) is 3.08.